The number of nitrogens with zero attached hydrogens (tertiary/aromatic N) is 1. The van der Waals surface area contributed by atoms with Crippen LogP contribution in [0.25, 0.3) is 0 Å². The normalized spacial score (nSPS) is 19.9. The zero-order valence-electron chi connectivity index (χ0n) is 12.7. The molecule has 1 aliphatic heterocycles. The van der Waals surface area contributed by atoms with E-state index in [2.05, 4.69) is 49.3 Å². The summed E-state index contributed by atoms with van der Waals surface area (Å²) in [5, 5.41) is 3.50. The molecule has 1 aliphatic rings. The van der Waals surface area contributed by atoms with Crippen LogP contribution in [0.3, 0.4) is 0 Å². The summed E-state index contributed by atoms with van der Waals surface area (Å²) in [5.74, 6) is 0.846. The van der Waals surface area contributed by atoms with Crippen molar-refractivity contribution in [3.8, 4) is 0 Å². The summed E-state index contributed by atoms with van der Waals surface area (Å²) < 4.78 is 0. The SMILES string of the molecule is Cc1ccc(CCN(C)CC2CCCNC2)cc1C. The van der Waals surface area contributed by atoms with Crippen molar-refractivity contribution in [3.63, 3.8) is 0 Å². The molecule has 0 bridgehead atoms. The second-order valence-electron chi connectivity index (χ2n) is 6.14. The average molecular weight is 260 g/mol. The van der Waals surface area contributed by atoms with Crippen LogP contribution in [0.5, 0.6) is 0 Å². The lowest BCUT2D eigenvalue weighted by atomic mass is 9.99. The molecule has 106 valence electrons. The molecule has 0 amide bonds. The van der Waals surface area contributed by atoms with Gasteiger partial charge in [-0.15, -0.1) is 0 Å². The zero-order valence-corrected chi connectivity index (χ0v) is 12.7. The molecule has 0 spiro atoms. The number of nitrogens with one attached hydrogen (secondary N) is 1. The molecule has 1 fully saturated rings. The lowest BCUT2D eigenvalue weighted by Crippen LogP contribution is -2.37. The fourth-order valence-electron chi connectivity index (χ4n) is 2.89. The molecule has 1 N–H and O–H groups in total. The second kappa shape index (κ2) is 7.06. The van der Waals surface area contributed by atoms with Crippen LogP contribution in [0.1, 0.15) is 29.5 Å². The van der Waals surface area contributed by atoms with Gasteiger partial charge in [0.1, 0.15) is 0 Å². The Kier molecular flexibility index (Phi) is 5.41. The first kappa shape index (κ1) is 14.5. The van der Waals surface area contributed by atoms with E-state index in [1.807, 2.05) is 0 Å². The Balaban J connectivity index is 1.75. The van der Waals surface area contributed by atoms with Gasteiger partial charge in [-0.3, -0.25) is 0 Å². The van der Waals surface area contributed by atoms with Crippen molar-refractivity contribution >= 4 is 0 Å². The molecule has 0 radical (unpaired) electrons. The maximum absolute atomic E-state index is 3.50. The number of benzene rings is 1. The van der Waals surface area contributed by atoms with Gasteiger partial charge >= 0.3 is 0 Å². The van der Waals surface area contributed by atoms with Gasteiger partial charge in [0.05, 0.1) is 0 Å². The van der Waals surface area contributed by atoms with Gasteiger partial charge in [-0.25, -0.2) is 0 Å². The fraction of sp³-hybridized carbons (Fsp3) is 0.647. The van der Waals surface area contributed by atoms with Crippen LogP contribution in [0.2, 0.25) is 0 Å². The summed E-state index contributed by atoms with van der Waals surface area (Å²) >= 11 is 0. The lowest BCUT2D eigenvalue weighted by Gasteiger charge is -2.27. The summed E-state index contributed by atoms with van der Waals surface area (Å²) in [6, 6.07) is 6.86. The van der Waals surface area contributed by atoms with E-state index < -0.39 is 0 Å². The van der Waals surface area contributed by atoms with Gasteiger partial charge in [-0.2, -0.15) is 0 Å². The smallest absolute Gasteiger partial charge is 0.00189 e. The molecule has 2 rings (SSSR count). The molecular formula is C17H28N2. The van der Waals surface area contributed by atoms with Crippen LogP contribution >= 0.6 is 0 Å². The van der Waals surface area contributed by atoms with E-state index in [0.717, 1.165) is 12.3 Å². The molecule has 1 aromatic carbocycles. The van der Waals surface area contributed by atoms with Gasteiger partial charge in [0.15, 0.2) is 0 Å². The Bertz CT molecular complexity index is 394. The largest absolute Gasteiger partial charge is 0.316 e. The van der Waals surface area contributed by atoms with Crippen LogP contribution < -0.4 is 5.32 Å². The number of likely N-dealkylation sites (N-methyl/N-ethyl adjacent to an activating group) is 1. The van der Waals surface area contributed by atoms with Crippen molar-refractivity contribution in [2.45, 2.75) is 33.1 Å². The van der Waals surface area contributed by atoms with Gasteiger partial charge in [-0.1, -0.05) is 18.2 Å². The van der Waals surface area contributed by atoms with Gasteiger partial charge in [-0.05, 0) is 75.9 Å². The number of hydrogen-bond donors (Lipinski definition) is 1. The van der Waals surface area contributed by atoms with E-state index in [-0.39, 0.29) is 0 Å². The minimum Gasteiger partial charge on any atom is -0.316 e. The minimum atomic E-state index is 0.846. The summed E-state index contributed by atoms with van der Waals surface area (Å²) in [7, 11) is 2.26. The van der Waals surface area contributed by atoms with Crippen LogP contribution in [0.15, 0.2) is 18.2 Å². The highest BCUT2D eigenvalue weighted by Crippen LogP contribution is 2.13. The van der Waals surface area contributed by atoms with Crippen molar-refractivity contribution in [2.24, 2.45) is 5.92 Å². The molecule has 1 heterocycles. The third-order valence-corrected chi connectivity index (χ3v) is 4.32. The van der Waals surface area contributed by atoms with E-state index in [1.54, 1.807) is 0 Å². The molecule has 1 unspecified atom stereocenters. The molecule has 0 aromatic heterocycles. The Morgan fingerprint density at radius 2 is 2.11 bits per heavy atom. The van der Waals surface area contributed by atoms with Gasteiger partial charge in [0.2, 0.25) is 0 Å². The van der Waals surface area contributed by atoms with Crippen LogP contribution in [-0.2, 0) is 6.42 Å². The summed E-state index contributed by atoms with van der Waals surface area (Å²) in [6.45, 7) is 9.20. The monoisotopic (exact) mass is 260 g/mol. The van der Waals surface area contributed by atoms with E-state index in [0.29, 0.717) is 0 Å². The molecule has 0 saturated carbocycles. The van der Waals surface area contributed by atoms with E-state index >= 15 is 0 Å². The fourth-order valence-corrected chi connectivity index (χ4v) is 2.89. The molecule has 2 nitrogen and oxygen atoms in total. The maximum Gasteiger partial charge on any atom is 0.00189 e. The Hall–Kier alpha value is -0.860. The molecule has 1 aromatic rings. The maximum atomic E-state index is 3.50. The van der Waals surface area contributed by atoms with Crippen molar-refractivity contribution in [2.75, 3.05) is 33.2 Å². The van der Waals surface area contributed by atoms with E-state index in [4.69, 9.17) is 0 Å². The zero-order chi connectivity index (χ0) is 13.7. The van der Waals surface area contributed by atoms with E-state index in [9.17, 15) is 0 Å². The first-order valence-corrected chi connectivity index (χ1v) is 7.60. The number of hydrogen-bond acceptors (Lipinski definition) is 2. The third-order valence-electron chi connectivity index (χ3n) is 4.32. The summed E-state index contributed by atoms with van der Waals surface area (Å²) in [5.41, 5.74) is 4.28. The second-order valence-corrected chi connectivity index (χ2v) is 6.14. The van der Waals surface area contributed by atoms with Crippen molar-refractivity contribution in [3.05, 3.63) is 34.9 Å². The number of rotatable bonds is 5. The minimum absolute atomic E-state index is 0.846. The molecule has 19 heavy (non-hydrogen) atoms. The molecular weight excluding hydrogens is 232 g/mol. The first-order chi connectivity index (χ1) is 9.15. The molecule has 0 aliphatic carbocycles. The highest BCUT2D eigenvalue weighted by molar-refractivity contribution is 5.30. The third kappa shape index (κ3) is 4.63. The van der Waals surface area contributed by atoms with Crippen molar-refractivity contribution < 1.29 is 0 Å². The van der Waals surface area contributed by atoms with Crippen LogP contribution in [0.4, 0.5) is 0 Å². The highest BCUT2D eigenvalue weighted by atomic mass is 15.1. The first-order valence-electron chi connectivity index (χ1n) is 7.60. The summed E-state index contributed by atoms with van der Waals surface area (Å²) in [6.07, 6.45) is 3.90. The van der Waals surface area contributed by atoms with Crippen molar-refractivity contribution in [1.82, 2.24) is 10.2 Å². The molecule has 2 heteroatoms. The van der Waals surface area contributed by atoms with Crippen molar-refractivity contribution in [1.29, 1.82) is 0 Å². The Morgan fingerprint density at radius 1 is 1.26 bits per heavy atom. The molecule has 1 saturated heterocycles. The van der Waals surface area contributed by atoms with Gasteiger partial charge in [0, 0.05) is 13.1 Å². The number of aryl methyl sites for hydroxylation is 2. The summed E-state index contributed by atoms with van der Waals surface area (Å²) in [4.78, 5) is 2.49. The topological polar surface area (TPSA) is 15.3 Å². The Labute approximate surface area is 118 Å². The van der Waals surface area contributed by atoms with Gasteiger partial charge in [0.25, 0.3) is 0 Å². The average Bonchev–Trinajstić information content (AvgIpc) is 2.41. The predicted octanol–water partition coefficient (Wildman–Crippen LogP) is 2.78. The number of piperidine rings is 1. The van der Waals surface area contributed by atoms with Gasteiger partial charge < -0.3 is 10.2 Å². The highest BCUT2D eigenvalue weighted by Gasteiger charge is 2.14. The lowest BCUT2D eigenvalue weighted by molar-refractivity contribution is 0.245. The Morgan fingerprint density at radius 3 is 2.79 bits per heavy atom. The van der Waals surface area contributed by atoms with Crippen LogP contribution in [-0.4, -0.2) is 38.1 Å². The molecule has 1 atom stereocenters. The predicted molar refractivity (Wildman–Crippen MR) is 82.7 cm³/mol. The van der Waals surface area contributed by atoms with E-state index in [1.165, 1.54) is 55.7 Å². The van der Waals surface area contributed by atoms with Crippen LogP contribution in [0, 0.1) is 19.8 Å². The standard InChI is InChI=1S/C17H28N2/c1-14-6-7-16(11-15(14)2)8-10-19(3)13-17-5-4-9-18-12-17/h6-7,11,17-18H,4-5,8-10,12-13H2,1-3H3. The quantitative estimate of drug-likeness (QED) is 0.876.